The maximum atomic E-state index is 13.5. The van der Waals surface area contributed by atoms with Crippen LogP contribution in [0.3, 0.4) is 0 Å². The number of rotatable bonds is 3. The molecule has 0 saturated heterocycles. The van der Waals surface area contributed by atoms with Gasteiger partial charge in [-0.05, 0) is 18.6 Å². The molecule has 0 aliphatic carbocycles. The highest BCUT2D eigenvalue weighted by Crippen LogP contribution is 2.27. The van der Waals surface area contributed by atoms with Gasteiger partial charge in [-0.15, -0.1) is 0 Å². The third kappa shape index (κ3) is 2.94. The standard InChI is InChI=1S/C13H11F3N2O2S/c1-7-3-2-4-11(17)13(7)21(19,20)18-12-9(15)5-8(14)6-10(12)16/h2-6,18H,17H2,1H3. The van der Waals surface area contributed by atoms with E-state index in [9.17, 15) is 21.6 Å². The Morgan fingerprint density at radius 3 is 2.19 bits per heavy atom. The summed E-state index contributed by atoms with van der Waals surface area (Å²) in [5, 5.41) is 0. The van der Waals surface area contributed by atoms with Gasteiger partial charge in [0.1, 0.15) is 16.4 Å². The Kier molecular flexibility index (Phi) is 3.82. The molecular formula is C13H11F3N2O2S. The molecule has 3 N–H and O–H groups in total. The highest BCUT2D eigenvalue weighted by molar-refractivity contribution is 7.93. The minimum Gasteiger partial charge on any atom is -0.398 e. The quantitative estimate of drug-likeness (QED) is 0.855. The Bertz CT molecular complexity index is 764. The number of nitrogens with one attached hydrogen (secondary N) is 1. The van der Waals surface area contributed by atoms with Gasteiger partial charge in [-0.1, -0.05) is 12.1 Å². The van der Waals surface area contributed by atoms with Crippen molar-refractivity contribution < 1.29 is 21.6 Å². The maximum Gasteiger partial charge on any atom is 0.264 e. The summed E-state index contributed by atoms with van der Waals surface area (Å²) in [6.45, 7) is 1.49. The van der Waals surface area contributed by atoms with Gasteiger partial charge in [-0.3, -0.25) is 4.72 Å². The number of sulfonamides is 1. The van der Waals surface area contributed by atoms with Crippen molar-refractivity contribution in [2.75, 3.05) is 10.5 Å². The SMILES string of the molecule is Cc1cccc(N)c1S(=O)(=O)Nc1c(F)cc(F)cc1F. The number of anilines is 2. The number of hydrogen-bond acceptors (Lipinski definition) is 3. The third-order valence-electron chi connectivity index (χ3n) is 2.75. The first kappa shape index (κ1) is 15.2. The van der Waals surface area contributed by atoms with Crippen molar-refractivity contribution in [1.82, 2.24) is 0 Å². The molecule has 2 aromatic rings. The molecule has 0 aliphatic rings. The molecule has 0 atom stereocenters. The molecule has 0 heterocycles. The van der Waals surface area contributed by atoms with Crippen LogP contribution in [0.15, 0.2) is 35.2 Å². The lowest BCUT2D eigenvalue weighted by atomic mass is 10.2. The molecule has 0 saturated carbocycles. The van der Waals surface area contributed by atoms with E-state index in [0.717, 1.165) is 0 Å². The first-order valence-corrected chi connectivity index (χ1v) is 7.23. The second-order valence-corrected chi connectivity index (χ2v) is 5.96. The van der Waals surface area contributed by atoms with Crippen molar-refractivity contribution in [3.8, 4) is 0 Å². The van der Waals surface area contributed by atoms with Crippen LogP contribution in [0.2, 0.25) is 0 Å². The van der Waals surface area contributed by atoms with Gasteiger partial charge in [0, 0.05) is 12.1 Å². The zero-order chi connectivity index (χ0) is 15.8. The zero-order valence-electron chi connectivity index (χ0n) is 10.8. The van der Waals surface area contributed by atoms with E-state index in [1.54, 1.807) is 10.8 Å². The molecule has 112 valence electrons. The second-order valence-electron chi connectivity index (χ2n) is 4.34. The topological polar surface area (TPSA) is 72.2 Å². The molecule has 0 fully saturated rings. The van der Waals surface area contributed by atoms with Crippen LogP contribution in [0.5, 0.6) is 0 Å². The highest BCUT2D eigenvalue weighted by Gasteiger charge is 2.23. The summed E-state index contributed by atoms with van der Waals surface area (Å²) in [5.41, 5.74) is 4.88. The molecule has 8 heteroatoms. The summed E-state index contributed by atoms with van der Waals surface area (Å²) in [6.07, 6.45) is 0. The number of aryl methyl sites for hydroxylation is 1. The highest BCUT2D eigenvalue weighted by atomic mass is 32.2. The van der Waals surface area contributed by atoms with Crippen LogP contribution in [-0.2, 0) is 10.0 Å². The Balaban J connectivity index is 2.53. The average Bonchev–Trinajstić information content (AvgIpc) is 2.33. The second kappa shape index (κ2) is 5.28. The normalized spacial score (nSPS) is 11.4. The van der Waals surface area contributed by atoms with Crippen LogP contribution in [0.25, 0.3) is 0 Å². The smallest absolute Gasteiger partial charge is 0.264 e. The monoisotopic (exact) mass is 316 g/mol. The Morgan fingerprint density at radius 1 is 1.10 bits per heavy atom. The lowest BCUT2D eigenvalue weighted by molar-refractivity contribution is 0.547. The Hall–Kier alpha value is -2.22. The first-order valence-electron chi connectivity index (χ1n) is 5.75. The van der Waals surface area contributed by atoms with Crippen molar-refractivity contribution in [3.63, 3.8) is 0 Å². The largest absolute Gasteiger partial charge is 0.398 e. The summed E-state index contributed by atoms with van der Waals surface area (Å²) in [7, 11) is -4.31. The maximum absolute atomic E-state index is 13.5. The van der Waals surface area contributed by atoms with Crippen molar-refractivity contribution >= 4 is 21.4 Å². The van der Waals surface area contributed by atoms with Gasteiger partial charge in [0.05, 0.1) is 5.69 Å². The van der Waals surface area contributed by atoms with Crippen molar-refractivity contribution in [1.29, 1.82) is 0 Å². The Labute approximate surface area is 119 Å². The number of hydrogen-bond donors (Lipinski definition) is 2. The summed E-state index contributed by atoms with van der Waals surface area (Å²) in [4.78, 5) is -0.284. The Morgan fingerprint density at radius 2 is 1.67 bits per heavy atom. The first-order chi connectivity index (χ1) is 9.72. The van der Waals surface area contributed by atoms with E-state index in [1.165, 1.54) is 19.1 Å². The van der Waals surface area contributed by atoms with Crippen LogP contribution < -0.4 is 10.5 Å². The van der Waals surface area contributed by atoms with Crippen LogP contribution in [-0.4, -0.2) is 8.42 Å². The number of nitrogens with two attached hydrogens (primary N) is 1. The van der Waals surface area contributed by atoms with Gasteiger partial charge in [-0.2, -0.15) is 0 Å². The average molecular weight is 316 g/mol. The molecule has 21 heavy (non-hydrogen) atoms. The fourth-order valence-electron chi connectivity index (χ4n) is 1.87. The van der Waals surface area contributed by atoms with Gasteiger partial charge < -0.3 is 5.73 Å². The summed E-state index contributed by atoms with van der Waals surface area (Å²) in [5.74, 6) is -3.87. The van der Waals surface area contributed by atoms with E-state index >= 15 is 0 Å². The third-order valence-corrected chi connectivity index (χ3v) is 4.32. The molecule has 4 nitrogen and oxygen atoms in total. The van der Waals surface area contributed by atoms with Crippen LogP contribution in [0.1, 0.15) is 5.56 Å². The van der Waals surface area contributed by atoms with E-state index in [2.05, 4.69) is 0 Å². The molecule has 0 aromatic heterocycles. The number of nitrogen functional groups attached to an aromatic ring is 1. The van der Waals surface area contributed by atoms with Crippen molar-refractivity contribution in [2.24, 2.45) is 0 Å². The van der Waals surface area contributed by atoms with E-state index in [0.29, 0.717) is 17.7 Å². The van der Waals surface area contributed by atoms with Gasteiger partial charge in [0.2, 0.25) is 0 Å². The molecule has 0 aliphatic heterocycles. The predicted molar refractivity (Wildman–Crippen MR) is 72.7 cm³/mol. The van der Waals surface area contributed by atoms with E-state index in [4.69, 9.17) is 5.73 Å². The molecule has 0 bridgehead atoms. The van der Waals surface area contributed by atoms with Crippen molar-refractivity contribution in [2.45, 2.75) is 11.8 Å². The molecule has 0 spiro atoms. The van der Waals surface area contributed by atoms with Gasteiger partial charge in [0.15, 0.2) is 11.6 Å². The molecule has 2 aromatic carbocycles. The summed E-state index contributed by atoms with van der Waals surface area (Å²) >= 11 is 0. The van der Waals surface area contributed by atoms with Gasteiger partial charge >= 0.3 is 0 Å². The fourth-order valence-corrected chi connectivity index (χ4v) is 3.30. The molecule has 0 radical (unpaired) electrons. The molecular weight excluding hydrogens is 305 g/mol. The number of halogens is 3. The van der Waals surface area contributed by atoms with E-state index in [1.807, 2.05) is 0 Å². The van der Waals surface area contributed by atoms with Gasteiger partial charge in [0.25, 0.3) is 10.0 Å². The van der Waals surface area contributed by atoms with Crippen molar-refractivity contribution in [3.05, 3.63) is 53.3 Å². The fraction of sp³-hybridized carbons (Fsp3) is 0.0769. The predicted octanol–water partition coefficient (Wildman–Crippen LogP) is 2.80. The van der Waals surface area contributed by atoms with Crippen LogP contribution in [0, 0.1) is 24.4 Å². The minimum absolute atomic E-state index is 0.0644. The van der Waals surface area contributed by atoms with E-state index < -0.39 is 33.2 Å². The van der Waals surface area contributed by atoms with Crippen LogP contribution in [0.4, 0.5) is 24.5 Å². The summed E-state index contributed by atoms with van der Waals surface area (Å²) in [6, 6.07) is 5.13. The molecule has 0 unspecified atom stereocenters. The molecule has 2 rings (SSSR count). The molecule has 0 amide bonds. The van der Waals surface area contributed by atoms with Gasteiger partial charge in [-0.25, -0.2) is 21.6 Å². The van der Waals surface area contributed by atoms with E-state index in [-0.39, 0.29) is 10.6 Å². The zero-order valence-corrected chi connectivity index (χ0v) is 11.6. The number of benzene rings is 2. The lowest BCUT2D eigenvalue weighted by Crippen LogP contribution is -2.18. The van der Waals surface area contributed by atoms with Crippen LogP contribution >= 0.6 is 0 Å². The summed E-state index contributed by atoms with van der Waals surface area (Å²) < 4.78 is 66.0. The minimum atomic E-state index is -4.31. The lowest BCUT2D eigenvalue weighted by Gasteiger charge is -2.13.